The van der Waals surface area contributed by atoms with Crippen LogP contribution in [-0.4, -0.2) is 45.4 Å². The summed E-state index contributed by atoms with van der Waals surface area (Å²) in [5.41, 5.74) is 13.7. The minimum atomic E-state index is 0.0256. The number of aliphatic imine (C=N–C) groups is 2. The lowest BCUT2D eigenvalue weighted by molar-refractivity contribution is 0.410. The fourth-order valence-electron chi connectivity index (χ4n) is 3.82. The van der Waals surface area contributed by atoms with Crippen LogP contribution in [0.4, 0.5) is 5.82 Å². The summed E-state index contributed by atoms with van der Waals surface area (Å²) in [5.74, 6) is 2.09. The number of rotatable bonds is 7. The molecule has 0 saturated heterocycles. The van der Waals surface area contributed by atoms with E-state index in [1.807, 2.05) is 29.1 Å². The Morgan fingerprint density at radius 3 is 2.83 bits per heavy atom. The predicted octanol–water partition coefficient (Wildman–Crippen LogP) is 2.70. The van der Waals surface area contributed by atoms with E-state index in [2.05, 4.69) is 27.2 Å². The minimum absolute atomic E-state index is 0.0256. The molecule has 0 amide bonds. The molecule has 2 heterocycles. The smallest absolute Gasteiger partial charge is 0.214 e. The van der Waals surface area contributed by atoms with Crippen LogP contribution in [-0.2, 0) is 0 Å². The van der Waals surface area contributed by atoms with Crippen molar-refractivity contribution in [3.05, 3.63) is 24.0 Å². The molecule has 2 aliphatic rings. The maximum atomic E-state index is 6.01. The highest BCUT2D eigenvalue weighted by atomic mass is 15.3. The van der Waals surface area contributed by atoms with Crippen molar-refractivity contribution in [3.8, 4) is 0 Å². The first-order valence-electron chi connectivity index (χ1n) is 10.8. The Kier molecular flexibility index (Phi) is 6.08. The van der Waals surface area contributed by atoms with Gasteiger partial charge in [0.1, 0.15) is 5.82 Å². The highest BCUT2D eigenvalue weighted by Crippen LogP contribution is 2.32. The number of hydrogen-bond donors (Lipinski definition) is 3. The van der Waals surface area contributed by atoms with E-state index in [1.165, 1.54) is 12.8 Å². The van der Waals surface area contributed by atoms with Crippen molar-refractivity contribution in [2.75, 3.05) is 11.9 Å². The summed E-state index contributed by atoms with van der Waals surface area (Å²) in [6.07, 6.45) is 11.8. The van der Waals surface area contributed by atoms with Crippen LogP contribution in [0.3, 0.4) is 0 Å². The zero-order valence-corrected chi connectivity index (χ0v) is 17.2. The standard InChI is InChI=1S/C21H32N8/c1-14(12-26-21(23)24-11-10-15-2-3-15)18-13-25-20-9-8-19(28-29(18)20)27-17-6-4-16(22)5-7-17/h8-9,12-17H,2-7,10-11,22H2,1H3,(H2,23,24)(H,27,28). The van der Waals surface area contributed by atoms with Crippen LogP contribution < -0.4 is 16.8 Å². The van der Waals surface area contributed by atoms with E-state index in [1.54, 1.807) is 0 Å². The van der Waals surface area contributed by atoms with Gasteiger partial charge in [0.2, 0.25) is 5.96 Å². The van der Waals surface area contributed by atoms with E-state index in [-0.39, 0.29) is 5.92 Å². The first-order valence-corrected chi connectivity index (χ1v) is 10.8. The number of aromatic nitrogens is 3. The Morgan fingerprint density at radius 1 is 1.28 bits per heavy atom. The second kappa shape index (κ2) is 8.90. The monoisotopic (exact) mass is 396 g/mol. The molecule has 1 atom stereocenters. The van der Waals surface area contributed by atoms with Crippen molar-refractivity contribution in [1.82, 2.24) is 14.6 Å². The fraction of sp³-hybridized carbons (Fsp3) is 0.619. The number of guanidine groups is 1. The van der Waals surface area contributed by atoms with Gasteiger partial charge in [-0.05, 0) is 50.2 Å². The number of fused-ring (bicyclic) bond motifs is 1. The molecule has 0 aromatic carbocycles. The Hall–Kier alpha value is -2.48. The van der Waals surface area contributed by atoms with Crippen molar-refractivity contribution < 1.29 is 0 Å². The zero-order valence-electron chi connectivity index (χ0n) is 17.2. The van der Waals surface area contributed by atoms with Gasteiger partial charge in [-0.15, -0.1) is 5.10 Å². The molecule has 1 unspecified atom stereocenters. The summed E-state index contributed by atoms with van der Waals surface area (Å²) >= 11 is 0. The Balaban J connectivity index is 1.41. The first-order chi connectivity index (χ1) is 14.1. The Morgan fingerprint density at radius 2 is 2.07 bits per heavy atom. The number of nitrogens with one attached hydrogen (secondary N) is 1. The molecule has 2 aromatic rings. The lowest BCUT2D eigenvalue weighted by Gasteiger charge is -2.27. The lowest BCUT2D eigenvalue weighted by Crippen LogP contribution is -2.33. The molecule has 2 saturated carbocycles. The van der Waals surface area contributed by atoms with E-state index in [4.69, 9.17) is 16.6 Å². The van der Waals surface area contributed by atoms with Crippen molar-refractivity contribution in [2.45, 2.75) is 69.9 Å². The number of nitrogens with zero attached hydrogens (tertiary/aromatic N) is 5. The molecule has 0 spiro atoms. The van der Waals surface area contributed by atoms with Crippen LogP contribution in [0.25, 0.3) is 5.65 Å². The molecular formula is C21H32N8. The third-order valence-corrected chi connectivity index (χ3v) is 5.92. The van der Waals surface area contributed by atoms with E-state index < -0.39 is 0 Å². The van der Waals surface area contributed by atoms with E-state index in [0.29, 0.717) is 18.0 Å². The highest BCUT2D eigenvalue weighted by Gasteiger charge is 2.20. The Labute approximate surface area is 171 Å². The first kappa shape index (κ1) is 19.8. The quantitative estimate of drug-likeness (QED) is 0.491. The third kappa shape index (κ3) is 5.32. The second-order valence-corrected chi connectivity index (χ2v) is 8.47. The van der Waals surface area contributed by atoms with E-state index >= 15 is 0 Å². The average Bonchev–Trinajstić information content (AvgIpc) is 3.45. The maximum Gasteiger partial charge on any atom is 0.214 e. The normalized spacial score (nSPS) is 24.3. The maximum absolute atomic E-state index is 6.01. The van der Waals surface area contributed by atoms with Crippen LogP contribution in [0.5, 0.6) is 0 Å². The topological polar surface area (TPSA) is 119 Å². The number of hydrogen-bond acceptors (Lipinski definition) is 5. The molecular weight excluding hydrogens is 364 g/mol. The van der Waals surface area contributed by atoms with Gasteiger partial charge in [-0.2, -0.15) is 0 Å². The summed E-state index contributed by atoms with van der Waals surface area (Å²) in [5, 5.41) is 8.31. The highest BCUT2D eigenvalue weighted by molar-refractivity contribution is 5.88. The van der Waals surface area contributed by atoms with Crippen molar-refractivity contribution in [2.24, 2.45) is 27.4 Å². The molecule has 8 heteroatoms. The summed E-state index contributed by atoms with van der Waals surface area (Å²) < 4.78 is 1.88. The average molecular weight is 397 g/mol. The van der Waals surface area contributed by atoms with Gasteiger partial charge in [-0.25, -0.2) is 14.5 Å². The van der Waals surface area contributed by atoms with Crippen LogP contribution in [0.15, 0.2) is 28.3 Å². The predicted molar refractivity (Wildman–Crippen MR) is 118 cm³/mol. The van der Waals surface area contributed by atoms with Crippen molar-refractivity contribution in [3.63, 3.8) is 0 Å². The van der Waals surface area contributed by atoms with Gasteiger partial charge in [0.05, 0.1) is 11.9 Å². The zero-order chi connectivity index (χ0) is 20.2. The third-order valence-electron chi connectivity index (χ3n) is 5.92. The number of anilines is 1. The van der Waals surface area contributed by atoms with Crippen LogP contribution in [0.2, 0.25) is 0 Å². The molecule has 29 heavy (non-hydrogen) atoms. The molecule has 0 radical (unpaired) electrons. The number of nitrogens with two attached hydrogens (primary N) is 2. The fourth-order valence-corrected chi connectivity index (χ4v) is 3.82. The lowest BCUT2D eigenvalue weighted by atomic mass is 9.92. The molecule has 2 aliphatic carbocycles. The van der Waals surface area contributed by atoms with E-state index in [9.17, 15) is 0 Å². The molecule has 156 valence electrons. The molecule has 8 nitrogen and oxygen atoms in total. The summed E-state index contributed by atoms with van der Waals surface area (Å²) in [7, 11) is 0. The Bertz CT molecular complexity index is 874. The van der Waals surface area contributed by atoms with Crippen LogP contribution in [0.1, 0.15) is 63.5 Å². The molecule has 2 aromatic heterocycles. The largest absolute Gasteiger partial charge is 0.368 e. The summed E-state index contributed by atoms with van der Waals surface area (Å²) in [6, 6.07) is 4.75. The van der Waals surface area contributed by atoms with Crippen LogP contribution in [0, 0.1) is 5.92 Å². The van der Waals surface area contributed by atoms with Crippen molar-refractivity contribution >= 4 is 23.6 Å². The van der Waals surface area contributed by atoms with Gasteiger partial charge < -0.3 is 16.8 Å². The summed E-state index contributed by atoms with van der Waals surface area (Å²) in [4.78, 5) is 13.2. The van der Waals surface area contributed by atoms with Gasteiger partial charge >= 0.3 is 0 Å². The van der Waals surface area contributed by atoms with Gasteiger partial charge in [0, 0.05) is 30.8 Å². The van der Waals surface area contributed by atoms with Gasteiger partial charge in [-0.1, -0.05) is 19.8 Å². The molecule has 4 rings (SSSR count). The minimum Gasteiger partial charge on any atom is -0.368 e. The van der Waals surface area contributed by atoms with E-state index in [0.717, 1.165) is 61.7 Å². The van der Waals surface area contributed by atoms with Gasteiger partial charge in [0.15, 0.2) is 5.65 Å². The SMILES string of the molecule is CC(C=NC(N)=NCCC1CC1)c1cnc2ccc(NC3CCC(N)CC3)nn12. The summed E-state index contributed by atoms with van der Waals surface area (Å²) in [6.45, 7) is 2.83. The molecule has 2 fully saturated rings. The van der Waals surface area contributed by atoms with Gasteiger partial charge in [-0.3, -0.25) is 4.99 Å². The number of imidazole rings is 1. The van der Waals surface area contributed by atoms with Gasteiger partial charge in [0.25, 0.3) is 0 Å². The van der Waals surface area contributed by atoms with Crippen molar-refractivity contribution in [1.29, 1.82) is 0 Å². The molecule has 0 bridgehead atoms. The second-order valence-electron chi connectivity index (χ2n) is 8.47. The van der Waals surface area contributed by atoms with Crippen LogP contribution >= 0.6 is 0 Å². The molecule has 0 aliphatic heterocycles. The molecule has 5 N–H and O–H groups in total.